The number of carbonyl (C=O) groups excluding carboxylic acids is 1. The van der Waals surface area contributed by atoms with Crippen LogP contribution in [0.1, 0.15) is 29.9 Å². The Balaban J connectivity index is 2.52. The second-order valence-electron chi connectivity index (χ2n) is 3.60. The third kappa shape index (κ3) is 1.67. The first kappa shape index (κ1) is 10.0. The molecule has 14 heavy (non-hydrogen) atoms. The second-order valence-corrected chi connectivity index (χ2v) is 4.41. The van der Waals surface area contributed by atoms with Gasteiger partial charge in [-0.2, -0.15) is 0 Å². The number of fused-ring (bicyclic) bond motifs is 1. The Kier molecular flexibility index (Phi) is 2.80. The Bertz CT molecular complexity index is 374. The number of carbonyl (C=O) groups is 1. The summed E-state index contributed by atoms with van der Waals surface area (Å²) in [4.78, 5) is 10.8. The van der Waals surface area contributed by atoms with Crippen LogP contribution in [-0.4, -0.2) is 6.29 Å². The van der Waals surface area contributed by atoms with E-state index in [1.165, 1.54) is 5.56 Å². The van der Waals surface area contributed by atoms with Gasteiger partial charge in [0.05, 0.1) is 10.0 Å². The highest BCUT2D eigenvalue weighted by Crippen LogP contribution is 2.35. The van der Waals surface area contributed by atoms with Crippen LogP contribution < -0.4 is 0 Å². The van der Waals surface area contributed by atoms with Crippen LogP contribution in [0.2, 0.25) is 10.0 Å². The molecule has 0 aromatic heterocycles. The summed E-state index contributed by atoms with van der Waals surface area (Å²) >= 11 is 11.8. The highest BCUT2D eigenvalue weighted by Gasteiger charge is 2.20. The number of hydrogen-bond donors (Lipinski definition) is 0. The summed E-state index contributed by atoms with van der Waals surface area (Å²) in [5.41, 5.74) is 2.23. The molecule has 3 heteroatoms. The van der Waals surface area contributed by atoms with Crippen molar-refractivity contribution in [1.29, 1.82) is 0 Å². The van der Waals surface area contributed by atoms with Gasteiger partial charge in [-0.05, 0) is 42.5 Å². The zero-order chi connectivity index (χ0) is 10.1. The molecule has 0 saturated heterocycles. The molecular weight excluding hydrogens is 219 g/mol. The van der Waals surface area contributed by atoms with E-state index in [1.807, 2.05) is 12.1 Å². The first-order valence-corrected chi connectivity index (χ1v) is 5.41. The fraction of sp³-hybridized carbons (Fsp3) is 0.364. The molecule has 0 amide bonds. The summed E-state index contributed by atoms with van der Waals surface area (Å²) in [6, 6.07) is 3.71. The van der Waals surface area contributed by atoms with Gasteiger partial charge in [-0.15, -0.1) is 0 Å². The van der Waals surface area contributed by atoms with Crippen LogP contribution in [0.5, 0.6) is 0 Å². The largest absolute Gasteiger partial charge is 0.303 e. The first-order chi connectivity index (χ1) is 6.72. The molecule has 0 radical (unpaired) electrons. The van der Waals surface area contributed by atoms with E-state index in [2.05, 4.69) is 0 Å². The maximum Gasteiger partial charge on any atom is 0.127 e. The van der Waals surface area contributed by atoms with Crippen LogP contribution in [-0.2, 0) is 11.2 Å². The minimum Gasteiger partial charge on any atom is -0.303 e. The van der Waals surface area contributed by atoms with Crippen molar-refractivity contribution in [2.75, 3.05) is 0 Å². The minimum absolute atomic E-state index is 0.00789. The maximum absolute atomic E-state index is 10.8. The molecule has 1 unspecified atom stereocenters. The first-order valence-electron chi connectivity index (χ1n) is 4.65. The highest BCUT2D eigenvalue weighted by atomic mass is 35.5. The van der Waals surface area contributed by atoms with Crippen molar-refractivity contribution in [3.63, 3.8) is 0 Å². The van der Waals surface area contributed by atoms with E-state index in [4.69, 9.17) is 23.2 Å². The zero-order valence-electron chi connectivity index (χ0n) is 7.59. The van der Waals surface area contributed by atoms with Gasteiger partial charge < -0.3 is 4.79 Å². The van der Waals surface area contributed by atoms with E-state index in [1.54, 1.807) is 0 Å². The lowest BCUT2D eigenvalue weighted by atomic mass is 9.84. The van der Waals surface area contributed by atoms with E-state index in [0.717, 1.165) is 31.1 Å². The summed E-state index contributed by atoms with van der Waals surface area (Å²) in [6.45, 7) is 0. The van der Waals surface area contributed by atoms with Gasteiger partial charge in [0, 0.05) is 5.92 Å². The molecule has 0 aliphatic heterocycles. The average molecular weight is 229 g/mol. The second kappa shape index (κ2) is 3.92. The lowest BCUT2D eigenvalue weighted by Crippen LogP contribution is -2.10. The van der Waals surface area contributed by atoms with Gasteiger partial charge in [0.2, 0.25) is 0 Å². The molecule has 0 heterocycles. The number of aryl methyl sites for hydroxylation is 1. The van der Waals surface area contributed by atoms with Gasteiger partial charge in [-0.25, -0.2) is 0 Å². The summed E-state index contributed by atoms with van der Waals surface area (Å²) in [6.07, 6.45) is 3.97. The smallest absolute Gasteiger partial charge is 0.127 e. The van der Waals surface area contributed by atoms with Gasteiger partial charge in [-0.3, -0.25) is 0 Å². The lowest BCUT2D eigenvalue weighted by Gasteiger charge is -2.21. The topological polar surface area (TPSA) is 17.1 Å². The Hall–Kier alpha value is -0.530. The summed E-state index contributed by atoms with van der Waals surface area (Å²) in [7, 11) is 0. The van der Waals surface area contributed by atoms with Crippen molar-refractivity contribution >= 4 is 29.5 Å². The van der Waals surface area contributed by atoms with Gasteiger partial charge in [0.25, 0.3) is 0 Å². The van der Waals surface area contributed by atoms with Crippen molar-refractivity contribution in [2.24, 2.45) is 0 Å². The van der Waals surface area contributed by atoms with Gasteiger partial charge >= 0.3 is 0 Å². The molecule has 0 bridgehead atoms. The van der Waals surface area contributed by atoms with Crippen LogP contribution >= 0.6 is 23.2 Å². The van der Waals surface area contributed by atoms with Crippen molar-refractivity contribution in [3.8, 4) is 0 Å². The maximum atomic E-state index is 10.8. The SMILES string of the molecule is O=CC1CCCc2cc(Cl)c(Cl)cc21. The molecule has 1 aromatic carbocycles. The fourth-order valence-corrected chi connectivity index (χ4v) is 2.33. The van der Waals surface area contributed by atoms with E-state index in [0.29, 0.717) is 10.0 Å². The standard InChI is InChI=1S/C11H10Cl2O/c12-10-4-7-2-1-3-8(6-14)9(7)5-11(10)13/h4-6,8H,1-3H2. The number of hydrogen-bond acceptors (Lipinski definition) is 1. The third-order valence-corrected chi connectivity index (χ3v) is 3.43. The summed E-state index contributed by atoms with van der Waals surface area (Å²) < 4.78 is 0. The van der Waals surface area contributed by atoms with Crippen LogP contribution in [0.4, 0.5) is 0 Å². The number of rotatable bonds is 1. The van der Waals surface area contributed by atoms with Gasteiger partial charge in [0.1, 0.15) is 6.29 Å². The average Bonchev–Trinajstić information content (AvgIpc) is 2.19. The molecule has 0 fully saturated rings. The van der Waals surface area contributed by atoms with E-state index in [-0.39, 0.29) is 5.92 Å². The van der Waals surface area contributed by atoms with Crippen LogP contribution in [0, 0.1) is 0 Å². The van der Waals surface area contributed by atoms with Crippen molar-refractivity contribution < 1.29 is 4.79 Å². The van der Waals surface area contributed by atoms with E-state index >= 15 is 0 Å². The van der Waals surface area contributed by atoms with Crippen molar-refractivity contribution in [2.45, 2.75) is 25.2 Å². The van der Waals surface area contributed by atoms with Crippen LogP contribution in [0.25, 0.3) is 0 Å². The highest BCUT2D eigenvalue weighted by molar-refractivity contribution is 6.42. The molecule has 1 aromatic rings. The van der Waals surface area contributed by atoms with Crippen LogP contribution in [0.15, 0.2) is 12.1 Å². The Morgan fingerprint density at radius 1 is 1.29 bits per heavy atom. The monoisotopic (exact) mass is 228 g/mol. The predicted octanol–water partition coefficient (Wildman–Crippen LogP) is 3.61. The number of benzene rings is 1. The van der Waals surface area contributed by atoms with Gasteiger partial charge in [0.15, 0.2) is 0 Å². The molecule has 0 N–H and O–H groups in total. The molecular formula is C11H10Cl2O. The summed E-state index contributed by atoms with van der Waals surface area (Å²) in [5.74, 6) is 0.00789. The Labute approximate surface area is 93.0 Å². The number of halogens is 2. The molecule has 0 saturated carbocycles. The molecule has 1 nitrogen and oxygen atoms in total. The lowest BCUT2D eigenvalue weighted by molar-refractivity contribution is -0.109. The molecule has 1 atom stereocenters. The fourth-order valence-electron chi connectivity index (χ4n) is 1.97. The third-order valence-electron chi connectivity index (χ3n) is 2.71. The molecule has 1 aliphatic carbocycles. The molecule has 74 valence electrons. The van der Waals surface area contributed by atoms with Crippen molar-refractivity contribution in [1.82, 2.24) is 0 Å². The van der Waals surface area contributed by atoms with Gasteiger partial charge in [-0.1, -0.05) is 23.2 Å². The normalized spacial score (nSPS) is 20.3. The quantitative estimate of drug-likeness (QED) is 0.672. The zero-order valence-corrected chi connectivity index (χ0v) is 9.11. The molecule has 1 aliphatic rings. The predicted molar refractivity (Wildman–Crippen MR) is 58.2 cm³/mol. The van der Waals surface area contributed by atoms with Crippen molar-refractivity contribution in [3.05, 3.63) is 33.3 Å². The Morgan fingerprint density at radius 2 is 2.00 bits per heavy atom. The summed E-state index contributed by atoms with van der Waals surface area (Å²) in [5, 5.41) is 1.12. The van der Waals surface area contributed by atoms with Crippen LogP contribution in [0.3, 0.4) is 0 Å². The van der Waals surface area contributed by atoms with E-state index < -0.39 is 0 Å². The van der Waals surface area contributed by atoms with E-state index in [9.17, 15) is 4.79 Å². The minimum atomic E-state index is 0.00789. The molecule has 0 spiro atoms. The number of aldehydes is 1. The molecule has 2 rings (SSSR count). The Morgan fingerprint density at radius 3 is 2.71 bits per heavy atom.